The van der Waals surface area contributed by atoms with Gasteiger partial charge in [-0.15, -0.1) is 0 Å². The molecule has 1 unspecified atom stereocenters. The molecule has 2 N–H and O–H groups in total. The molecule has 168 valence electrons. The van der Waals surface area contributed by atoms with Crippen molar-refractivity contribution in [3.05, 3.63) is 72.2 Å². The third-order valence-electron chi connectivity index (χ3n) is 6.96. The van der Waals surface area contributed by atoms with E-state index in [4.69, 9.17) is 10.4 Å². The highest BCUT2D eigenvalue weighted by Gasteiger charge is 2.24. The summed E-state index contributed by atoms with van der Waals surface area (Å²) in [5.41, 5.74) is 14.0. The van der Waals surface area contributed by atoms with E-state index in [1.165, 1.54) is 45.3 Å². The lowest BCUT2D eigenvalue weighted by molar-refractivity contribution is 0.760. The highest BCUT2D eigenvalue weighted by molar-refractivity contribution is 9.12. The number of nitrogens with one attached hydrogen (secondary N) is 2. The van der Waals surface area contributed by atoms with E-state index in [1.54, 1.807) is 0 Å². The van der Waals surface area contributed by atoms with Crippen molar-refractivity contribution in [3.8, 4) is 0 Å². The minimum Gasteiger partial charge on any atom is -0.358 e. The van der Waals surface area contributed by atoms with Crippen molar-refractivity contribution < 1.29 is 0 Å². The van der Waals surface area contributed by atoms with Crippen LogP contribution < -0.4 is 0 Å². The molecule has 5 heteroatoms. The van der Waals surface area contributed by atoms with Crippen LogP contribution in [0.25, 0.3) is 6.08 Å². The second kappa shape index (κ2) is 9.53. The number of aliphatic imine (C=N–C) groups is 2. The van der Waals surface area contributed by atoms with Gasteiger partial charge in [0, 0.05) is 34.7 Å². The molecule has 4 nitrogen and oxygen atoms in total. The first kappa shape index (κ1) is 24.1. The molecule has 1 aromatic heterocycles. The topological polar surface area (TPSA) is 64.4 Å². The van der Waals surface area contributed by atoms with Crippen molar-refractivity contribution in [2.75, 3.05) is 0 Å². The Bertz CT molecular complexity index is 1190. The molecule has 3 heterocycles. The van der Waals surface area contributed by atoms with Crippen LogP contribution in [0.2, 0.25) is 0 Å². The molecular formula is C27H33BrN4. The van der Waals surface area contributed by atoms with Crippen LogP contribution in [0.4, 0.5) is 0 Å². The van der Waals surface area contributed by atoms with E-state index in [2.05, 4.69) is 79.6 Å². The smallest absolute Gasteiger partial charge is 0.0774 e. The summed E-state index contributed by atoms with van der Waals surface area (Å²) in [5, 5.41) is 7.49. The van der Waals surface area contributed by atoms with E-state index in [9.17, 15) is 0 Å². The summed E-state index contributed by atoms with van der Waals surface area (Å²) in [6.07, 6.45) is 8.41. The predicted molar refractivity (Wildman–Crippen MR) is 143 cm³/mol. The second-order valence-corrected chi connectivity index (χ2v) is 9.70. The Morgan fingerprint density at radius 3 is 2.38 bits per heavy atom. The van der Waals surface area contributed by atoms with Crippen LogP contribution in [0.15, 0.2) is 59.7 Å². The maximum Gasteiger partial charge on any atom is 0.0774 e. The molecule has 2 aliphatic rings. The second-order valence-electron chi connectivity index (χ2n) is 8.85. The van der Waals surface area contributed by atoms with Gasteiger partial charge >= 0.3 is 0 Å². The molecule has 0 fully saturated rings. The maximum absolute atomic E-state index is 7.49. The molecule has 0 spiro atoms. The van der Waals surface area contributed by atoms with Crippen LogP contribution >= 0.6 is 15.9 Å². The van der Waals surface area contributed by atoms with Gasteiger partial charge in [-0.25, -0.2) is 0 Å². The zero-order valence-electron chi connectivity index (χ0n) is 20.4. The van der Waals surface area contributed by atoms with Gasteiger partial charge in [0.2, 0.25) is 0 Å². The summed E-state index contributed by atoms with van der Waals surface area (Å²) >= 11 is 3.67. The van der Waals surface area contributed by atoms with E-state index in [0.717, 1.165) is 39.2 Å². The number of rotatable bonds is 6. The van der Waals surface area contributed by atoms with Gasteiger partial charge in [-0.1, -0.05) is 15.9 Å². The highest BCUT2D eigenvalue weighted by atomic mass is 79.9. The number of allylic oxidation sites excluding steroid dienone is 7. The van der Waals surface area contributed by atoms with Gasteiger partial charge < -0.3 is 10.4 Å². The zero-order chi connectivity index (χ0) is 23.7. The molecule has 2 aliphatic heterocycles. The minimum absolute atomic E-state index is 0.125. The van der Waals surface area contributed by atoms with E-state index < -0.39 is 0 Å². The Balaban J connectivity index is 1.89. The summed E-state index contributed by atoms with van der Waals surface area (Å²) in [5.74, 6) is 0. The van der Waals surface area contributed by atoms with Crippen molar-refractivity contribution in [2.24, 2.45) is 9.98 Å². The largest absolute Gasteiger partial charge is 0.358 e. The van der Waals surface area contributed by atoms with Gasteiger partial charge in [0.25, 0.3) is 0 Å². The fraction of sp³-hybridized carbons (Fsp3) is 0.370. The van der Waals surface area contributed by atoms with E-state index in [0.29, 0.717) is 0 Å². The van der Waals surface area contributed by atoms with Crippen LogP contribution in [-0.2, 0) is 6.42 Å². The first-order valence-corrected chi connectivity index (χ1v) is 11.8. The standard InChI is InChI=1S/C27H33BrN4/c1-14(12-29)16(3)22(28)9-24-18(5)19(6)26(31-24)11-27-21(8)20(7)25(32-27)10-23-17(4)15(2)13-30-23/h9-10,12-13,26,29,32H,11H2,1-8H3/b16-14-,22-9-,23-10-,29-12?. The normalized spacial score (nSPS) is 21.2. The minimum atomic E-state index is 0.125. The predicted octanol–water partition coefficient (Wildman–Crippen LogP) is 7.36. The SMILES string of the molecule is CC1=C(C)/C(=C/c2[nH]c(CC3N=C(/C=C(Br)/C(C)=C(/C)C=N)C(C)=C3C)c(C)c2C)N=C1. The van der Waals surface area contributed by atoms with Crippen molar-refractivity contribution in [2.45, 2.75) is 67.9 Å². The van der Waals surface area contributed by atoms with Crippen LogP contribution in [0, 0.1) is 19.3 Å². The van der Waals surface area contributed by atoms with Gasteiger partial charge in [-0.05, 0) is 112 Å². The number of nitrogens with zero attached hydrogens (tertiary/aromatic N) is 2. The molecule has 0 bridgehead atoms. The van der Waals surface area contributed by atoms with Gasteiger partial charge in [-0.3, -0.25) is 9.98 Å². The van der Waals surface area contributed by atoms with Crippen molar-refractivity contribution in [1.29, 1.82) is 5.41 Å². The number of aromatic amines is 1. The number of H-pyrrole nitrogens is 1. The fourth-order valence-electron chi connectivity index (χ4n) is 3.85. The van der Waals surface area contributed by atoms with Gasteiger partial charge in [-0.2, -0.15) is 0 Å². The molecule has 0 amide bonds. The van der Waals surface area contributed by atoms with Crippen LogP contribution in [0.5, 0.6) is 0 Å². The number of hydrogen-bond donors (Lipinski definition) is 2. The monoisotopic (exact) mass is 492 g/mol. The van der Waals surface area contributed by atoms with Gasteiger partial charge in [0.15, 0.2) is 0 Å². The van der Waals surface area contributed by atoms with Crippen molar-refractivity contribution >= 4 is 40.1 Å². The first-order valence-electron chi connectivity index (χ1n) is 11.0. The quantitative estimate of drug-likeness (QED) is 0.307. The summed E-state index contributed by atoms with van der Waals surface area (Å²) in [6, 6.07) is 0.125. The average Bonchev–Trinajstić information content (AvgIpc) is 3.33. The lowest BCUT2D eigenvalue weighted by atomic mass is 9.99. The fourth-order valence-corrected chi connectivity index (χ4v) is 4.38. The molecule has 32 heavy (non-hydrogen) atoms. The molecular weight excluding hydrogens is 460 g/mol. The van der Waals surface area contributed by atoms with Gasteiger partial charge in [0.05, 0.1) is 17.5 Å². The molecule has 0 aromatic carbocycles. The first-order chi connectivity index (χ1) is 15.0. The Hall–Kier alpha value is -2.53. The lowest BCUT2D eigenvalue weighted by Crippen LogP contribution is -2.09. The van der Waals surface area contributed by atoms with Gasteiger partial charge in [0.1, 0.15) is 0 Å². The average molecular weight is 493 g/mol. The van der Waals surface area contributed by atoms with E-state index >= 15 is 0 Å². The number of hydrogen-bond acceptors (Lipinski definition) is 3. The van der Waals surface area contributed by atoms with Crippen LogP contribution in [-0.4, -0.2) is 29.2 Å². The van der Waals surface area contributed by atoms with E-state index in [1.807, 2.05) is 20.1 Å². The lowest BCUT2D eigenvalue weighted by Gasteiger charge is -2.09. The molecule has 0 saturated carbocycles. The Kier molecular flexibility index (Phi) is 7.19. The zero-order valence-corrected chi connectivity index (χ0v) is 22.0. The molecule has 1 aromatic rings. The molecule has 0 aliphatic carbocycles. The Labute approximate surface area is 200 Å². The van der Waals surface area contributed by atoms with E-state index in [-0.39, 0.29) is 6.04 Å². The summed E-state index contributed by atoms with van der Waals surface area (Å²) in [4.78, 5) is 13.2. The maximum atomic E-state index is 7.49. The number of aromatic nitrogens is 1. The summed E-state index contributed by atoms with van der Waals surface area (Å²) in [6.45, 7) is 16.9. The number of halogens is 1. The third-order valence-corrected chi connectivity index (χ3v) is 7.78. The van der Waals surface area contributed by atoms with Crippen molar-refractivity contribution in [3.63, 3.8) is 0 Å². The Morgan fingerprint density at radius 2 is 1.78 bits per heavy atom. The van der Waals surface area contributed by atoms with Crippen LogP contribution in [0.3, 0.4) is 0 Å². The Morgan fingerprint density at radius 1 is 1.09 bits per heavy atom. The molecule has 1 atom stereocenters. The summed E-state index contributed by atoms with van der Waals surface area (Å²) < 4.78 is 0.974. The molecule has 0 saturated heterocycles. The third kappa shape index (κ3) is 4.63. The van der Waals surface area contributed by atoms with Crippen molar-refractivity contribution in [1.82, 2.24) is 4.98 Å². The molecule has 0 radical (unpaired) electrons. The van der Waals surface area contributed by atoms with Crippen LogP contribution in [0.1, 0.15) is 64.1 Å². The highest BCUT2D eigenvalue weighted by Crippen LogP contribution is 2.31. The summed E-state index contributed by atoms with van der Waals surface area (Å²) in [7, 11) is 0. The molecule has 3 rings (SSSR count).